The molecule has 0 unspecified atom stereocenters. The summed E-state index contributed by atoms with van der Waals surface area (Å²) in [5, 5.41) is 0. The molecule has 0 saturated carbocycles. The highest BCUT2D eigenvalue weighted by Crippen LogP contribution is 2.23. The third-order valence-electron chi connectivity index (χ3n) is 2.62. The molecule has 2 aromatic rings. The van der Waals surface area contributed by atoms with E-state index in [9.17, 15) is 18.0 Å². The number of methoxy groups -OCH3 is 2. The molecule has 0 fully saturated rings. The van der Waals surface area contributed by atoms with Gasteiger partial charge in [-0.3, -0.25) is 4.79 Å². The van der Waals surface area contributed by atoms with Crippen molar-refractivity contribution in [2.45, 2.75) is 0 Å². The summed E-state index contributed by atoms with van der Waals surface area (Å²) in [4.78, 5) is 19.7. The fraction of sp³-hybridized carbons (Fsp3) is 0.154. The molecule has 0 aliphatic carbocycles. The van der Waals surface area contributed by atoms with E-state index >= 15 is 0 Å². The highest BCUT2D eigenvalue weighted by atomic mass is 19.2. The van der Waals surface area contributed by atoms with E-state index in [2.05, 4.69) is 9.97 Å². The molecule has 0 N–H and O–H groups in total. The SMILES string of the molecule is COc1cnc(C(=O)c2ccc(F)c(F)c2F)c(OC)n1. The molecule has 1 aromatic heterocycles. The maximum absolute atomic E-state index is 13.6. The number of halogens is 3. The molecule has 0 saturated heterocycles. The second kappa shape index (κ2) is 5.78. The predicted octanol–water partition coefficient (Wildman–Crippen LogP) is 2.14. The summed E-state index contributed by atoms with van der Waals surface area (Å²) in [5.74, 6) is -5.85. The topological polar surface area (TPSA) is 61.3 Å². The number of ether oxygens (including phenoxy) is 2. The van der Waals surface area contributed by atoms with Crippen LogP contribution in [0.2, 0.25) is 0 Å². The lowest BCUT2D eigenvalue weighted by Gasteiger charge is -2.08. The van der Waals surface area contributed by atoms with Crippen LogP contribution in [0.5, 0.6) is 11.8 Å². The number of benzene rings is 1. The largest absolute Gasteiger partial charge is 0.480 e. The second-order valence-corrected chi connectivity index (χ2v) is 3.82. The van der Waals surface area contributed by atoms with Crippen LogP contribution in [0.15, 0.2) is 18.3 Å². The minimum absolute atomic E-state index is 0.0779. The summed E-state index contributed by atoms with van der Waals surface area (Å²) >= 11 is 0. The van der Waals surface area contributed by atoms with Crippen LogP contribution >= 0.6 is 0 Å². The molecular formula is C13H9F3N2O3. The van der Waals surface area contributed by atoms with Crippen molar-refractivity contribution in [3.8, 4) is 11.8 Å². The predicted molar refractivity (Wildman–Crippen MR) is 64.9 cm³/mol. The number of rotatable bonds is 4. The van der Waals surface area contributed by atoms with Gasteiger partial charge >= 0.3 is 0 Å². The molecule has 0 aliphatic heterocycles. The van der Waals surface area contributed by atoms with Crippen molar-refractivity contribution in [2.75, 3.05) is 14.2 Å². The molecule has 1 aromatic carbocycles. The van der Waals surface area contributed by atoms with E-state index in [1.54, 1.807) is 0 Å². The second-order valence-electron chi connectivity index (χ2n) is 3.82. The summed E-state index contributed by atoms with van der Waals surface area (Å²) in [6, 6.07) is 1.47. The van der Waals surface area contributed by atoms with Gasteiger partial charge in [0.15, 0.2) is 23.1 Å². The lowest BCUT2D eigenvalue weighted by molar-refractivity contribution is 0.102. The van der Waals surface area contributed by atoms with E-state index in [4.69, 9.17) is 9.47 Å². The number of aromatic nitrogens is 2. The fourth-order valence-corrected chi connectivity index (χ4v) is 1.58. The van der Waals surface area contributed by atoms with Crippen LogP contribution in [0, 0.1) is 17.5 Å². The van der Waals surface area contributed by atoms with Gasteiger partial charge in [0.1, 0.15) is 0 Å². The number of carbonyl (C=O) groups is 1. The van der Waals surface area contributed by atoms with Crippen molar-refractivity contribution in [2.24, 2.45) is 0 Å². The Hall–Kier alpha value is -2.64. The molecule has 21 heavy (non-hydrogen) atoms. The third kappa shape index (κ3) is 2.64. The number of hydrogen-bond acceptors (Lipinski definition) is 5. The molecule has 0 radical (unpaired) electrons. The average molecular weight is 298 g/mol. The van der Waals surface area contributed by atoms with Gasteiger partial charge in [-0.15, -0.1) is 0 Å². The van der Waals surface area contributed by atoms with Crippen molar-refractivity contribution < 1.29 is 27.4 Å². The highest BCUT2D eigenvalue weighted by Gasteiger charge is 2.24. The van der Waals surface area contributed by atoms with Crippen molar-refractivity contribution in [1.29, 1.82) is 0 Å². The molecule has 0 bridgehead atoms. The van der Waals surface area contributed by atoms with E-state index < -0.39 is 28.8 Å². The molecular weight excluding hydrogens is 289 g/mol. The zero-order valence-corrected chi connectivity index (χ0v) is 11.0. The molecule has 0 atom stereocenters. The van der Waals surface area contributed by atoms with Crippen LogP contribution in [-0.2, 0) is 0 Å². The highest BCUT2D eigenvalue weighted by molar-refractivity contribution is 6.09. The van der Waals surface area contributed by atoms with Crippen LogP contribution in [0.3, 0.4) is 0 Å². The van der Waals surface area contributed by atoms with Crippen LogP contribution in [0.25, 0.3) is 0 Å². The number of nitrogens with zero attached hydrogens (tertiary/aromatic N) is 2. The molecule has 5 nitrogen and oxygen atoms in total. The maximum atomic E-state index is 13.6. The maximum Gasteiger partial charge on any atom is 0.247 e. The molecule has 1 heterocycles. The lowest BCUT2D eigenvalue weighted by Crippen LogP contribution is -2.12. The first kappa shape index (κ1) is 14.8. The Morgan fingerprint density at radius 2 is 1.81 bits per heavy atom. The van der Waals surface area contributed by atoms with Crippen molar-refractivity contribution >= 4 is 5.78 Å². The van der Waals surface area contributed by atoms with Gasteiger partial charge in [-0.2, -0.15) is 4.98 Å². The van der Waals surface area contributed by atoms with Crippen LogP contribution in [-0.4, -0.2) is 30.0 Å². The van der Waals surface area contributed by atoms with Gasteiger partial charge in [0.05, 0.1) is 26.0 Å². The van der Waals surface area contributed by atoms with Gasteiger partial charge in [0.25, 0.3) is 0 Å². The van der Waals surface area contributed by atoms with Crippen LogP contribution in [0.4, 0.5) is 13.2 Å². The van der Waals surface area contributed by atoms with Gasteiger partial charge in [-0.1, -0.05) is 0 Å². The Morgan fingerprint density at radius 1 is 1.10 bits per heavy atom. The number of carbonyl (C=O) groups excluding carboxylic acids is 1. The van der Waals surface area contributed by atoms with E-state index in [0.717, 1.165) is 12.3 Å². The van der Waals surface area contributed by atoms with Gasteiger partial charge in [-0.05, 0) is 12.1 Å². The minimum Gasteiger partial charge on any atom is -0.480 e. The zero-order valence-electron chi connectivity index (χ0n) is 11.0. The van der Waals surface area contributed by atoms with Crippen LogP contribution < -0.4 is 9.47 Å². The Kier molecular flexibility index (Phi) is 4.06. The summed E-state index contributed by atoms with van der Waals surface area (Å²) in [6.07, 6.45) is 1.12. The average Bonchev–Trinajstić information content (AvgIpc) is 2.51. The van der Waals surface area contributed by atoms with Gasteiger partial charge in [0, 0.05) is 0 Å². The first-order valence-corrected chi connectivity index (χ1v) is 5.62. The summed E-state index contributed by atoms with van der Waals surface area (Å²) in [6.45, 7) is 0. The van der Waals surface area contributed by atoms with E-state index in [1.165, 1.54) is 14.2 Å². The molecule has 0 amide bonds. The number of ketones is 1. The normalized spacial score (nSPS) is 10.3. The standard InChI is InChI=1S/C13H9F3N2O3/c1-20-8-5-17-11(13(18-8)21-2)12(19)6-3-4-7(14)10(16)9(6)15/h3-5H,1-2H3. The molecule has 8 heteroatoms. The first-order chi connectivity index (χ1) is 9.99. The summed E-state index contributed by atoms with van der Waals surface area (Å²) in [7, 11) is 2.56. The van der Waals surface area contributed by atoms with Gasteiger partial charge in [-0.25, -0.2) is 18.2 Å². The lowest BCUT2D eigenvalue weighted by atomic mass is 10.1. The van der Waals surface area contributed by atoms with Gasteiger partial charge in [0.2, 0.25) is 17.5 Å². The van der Waals surface area contributed by atoms with Crippen molar-refractivity contribution in [1.82, 2.24) is 9.97 Å². The Balaban J connectivity index is 2.52. The fourth-order valence-electron chi connectivity index (χ4n) is 1.58. The molecule has 0 spiro atoms. The van der Waals surface area contributed by atoms with Gasteiger partial charge < -0.3 is 9.47 Å². The zero-order chi connectivity index (χ0) is 15.6. The quantitative estimate of drug-likeness (QED) is 0.639. The monoisotopic (exact) mass is 298 g/mol. The third-order valence-corrected chi connectivity index (χ3v) is 2.62. The Labute approximate surface area is 117 Å². The minimum atomic E-state index is -1.73. The smallest absolute Gasteiger partial charge is 0.247 e. The Bertz CT molecular complexity index is 707. The van der Waals surface area contributed by atoms with E-state index in [0.29, 0.717) is 6.07 Å². The Morgan fingerprint density at radius 3 is 2.43 bits per heavy atom. The van der Waals surface area contributed by atoms with E-state index in [-0.39, 0.29) is 17.5 Å². The molecule has 110 valence electrons. The number of hydrogen-bond donors (Lipinski definition) is 0. The van der Waals surface area contributed by atoms with Crippen LogP contribution in [0.1, 0.15) is 16.1 Å². The molecule has 0 aliphatic rings. The summed E-state index contributed by atoms with van der Waals surface area (Å²) < 4.78 is 49.3. The van der Waals surface area contributed by atoms with Crippen molar-refractivity contribution in [3.63, 3.8) is 0 Å². The van der Waals surface area contributed by atoms with E-state index in [1.807, 2.05) is 0 Å². The summed E-state index contributed by atoms with van der Waals surface area (Å²) in [5.41, 5.74) is -1.02. The first-order valence-electron chi connectivity index (χ1n) is 5.62. The van der Waals surface area contributed by atoms with Crippen molar-refractivity contribution in [3.05, 3.63) is 47.0 Å². The molecule has 2 rings (SSSR count).